The minimum atomic E-state index is 0.298. The van der Waals surface area contributed by atoms with E-state index in [4.69, 9.17) is 0 Å². The van der Waals surface area contributed by atoms with Crippen LogP contribution in [0.25, 0.3) is 0 Å². The molecule has 0 heterocycles. The molecule has 0 aromatic carbocycles. The van der Waals surface area contributed by atoms with Gasteiger partial charge in [-0.2, -0.15) is 0 Å². The first kappa shape index (κ1) is 6.37. The van der Waals surface area contributed by atoms with Crippen molar-refractivity contribution in [1.29, 1.82) is 0 Å². The molecule has 0 aliphatic carbocycles. The Morgan fingerprint density at radius 3 is 3.00 bits per heavy atom. The molecule has 0 spiro atoms. The summed E-state index contributed by atoms with van der Waals surface area (Å²) in [6.45, 7) is 4.41. The summed E-state index contributed by atoms with van der Waals surface area (Å²) in [4.78, 5) is 9.46. The largest absolute Gasteiger partial charge is 0.306 e. The molecule has 1 N–H and O–H groups in total. The van der Waals surface area contributed by atoms with Crippen molar-refractivity contribution in [2.45, 2.75) is 0 Å². The van der Waals surface area contributed by atoms with E-state index in [-0.39, 0.29) is 0 Å². The molecule has 0 bridgehead atoms. The van der Waals surface area contributed by atoms with E-state index < -0.39 is 0 Å². The van der Waals surface area contributed by atoms with Crippen LogP contribution in [0.3, 0.4) is 0 Å². The predicted octanol–water partition coefficient (Wildman–Crippen LogP) is -0.128. The van der Waals surface area contributed by atoms with Gasteiger partial charge in [-0.05, 0) is 0 Å². The number of carbonyl (C=O) groups excluding carboxylic acids is 1. The lowest BCUT2D eigenvalue weighted by atomic mass is 10.6. The highest BCUT2D eigenvalue weighted by Crippen LogP contribution is 1.54. The summed E-state index contributed by atoms with van der Waals surface area (Å²) in [6.07, 6.45) is 3.39. The summed E-state index contributed by atoms with van der Waals surface area (Å²) in [5.41, 5.74) is 0. The van der Waals surface area contributed by atoms with Crippen LogP contribution >= 0.6 is 0 Å². The molecule has 0 fully saturated rings. The molecule has 0 saturated carbocycles. The van der Waals surface area contributed by atoms with Gasteiger partial charge in [0.1, 0.15) is 0 Å². The minimum Gasteiger partial charge on any atom is -0.306 e. The van der Waals surface area contributed by atoms with Crippen molar-refractivity contribution in [2.75, 3.05) is 13.1 Å². The summed E-state index contributed by atoms with van der Waals surface area (Å²) in [7, 11) is 0. The van der Waals surface area contributed by atoms with Gasteiger partial charge in [0, 0.05) is 6.54 Å². The molecule has 0 atom stereocenters. The average molecular weight is 98.1 g/mol. The van der Waals surface area contributed by atoms with Gasteiger partial charge in [-0.1, -0.05) is 6.08 Å². The summed E-state index contributed by atoms with van der Waals surface area (Å²) >= 11 is 0. The Morgan fingerprint density at radius 1 is 1.86 bits per heavy atom. The van der Waals surface area contributed by atoms with Crippen molar-refractivity contribution >= 4 is 6.29 Å². The molecule has 2 nitrogen and oxygen atoms in total. The molecule has 0 aromatic heterocycles. The van der Waals surface area contributed by atoms with Gasteiger partial charge in [-0.25, -0.2) is 0 Å². The highest BCUT2D eigenvalue weighted by molar-refractivity contribution is 5.52. The Hall–Kier alpha value is -0.630. The van der Waals surface area contributed by atoms with Crippen LogP contribution in [-0.4, -0.2) is 19.4 Å². The van der Waals surface area contributed by atoms with E-state index in [1.165, 1.54) is 0 Å². The predicted molar refractivity (Wildman–Crippen MR) is 28.8 cm³/mol. The standard InChI is InChI=1S/C5H8NO/c1-2-3-6-4-5-7/h2,6H,1,3-4H2. The van der Waals surface area contributed by atoms with Crippen LogP contribution < -0.4 is 5.32 Å². The Bertz CT molecular complexity index is 53.1. The van der Waals surface area contributed by atoms with Gasteiger partial charge < -0.3 is 5.32 Å². The Kier molecular flexibility index (Phi) is 4.89. The van der Waals surface area contributed by atoms with E-state index >= 15 is 0 Å². The summed E-state index contributed by atoms with van der Waals surface area (Å²) < 4.78 is 0. The van der Waals surface area contributed by atoms with Crippen LogP contribution in [0.2, 0.25) is 0 Å². The van der Waals surface area contributed by atoms with Crippen LogP contribution in [0.1, 0.15) is 0 Å². The fourth-order valence-electron chi connectivity index (χ4n) is 0.225. The van der Waals surface area contributed by atoms with Crippen LogP contribution in [0.15, 0.2) is 12.7 Å². The van der Waals surface area contributed by atoms with Gasteiger partial charge in [0.15, 0.2) is 0 Å². The molecule has 0 unspecified atom stereocenters. The fraction of sp³-hybridized carbons (Fsp3) is 0.400. The fourth-order valence-corrected chi connectivity index (χ4v) is 0.225. The molecule has 0 aromatic rings. The Balaban J connectivity index is 2.68. The SMILES string of the molecule is C=CCNC[C]=O. The van der Waals surface area contributed by atoms with Crippen molar-refractivity contribution in [2.24, 2.45) is 0 Å². The zero-order chi connectivity index (χ0) is 5.54. The van der Waals surface area contributed by atoms with Crippen LogP contribution in [0, 0.1) is 0 Å². The molecular formula is C5H8NO. The topological polar surface area (TPSA) is 29.1 Å². The molecule has 0 rings (SSSR count). The van der Waals surface area contributed by atoms with Crippen LogP contribution in [0.5, 0.6) is 0 Å². The molecule has 0 aliphatic heterocycles. The minimum absolute atomic E-state index is 0.298. The van der Waals surface area contributed by atoms with Gasteiger partial charge in [-0.3, -0.25) is 4.79 Å². The highest BCUT2D eigenvalue weighted by Gasteiger charge is 1.74. The summed E-state index contributed by atoms with van der Waals surface area (Å²) in [5, 5.41) is 2.74. The van der Waals surface area contributed by atoms with E-state index in [2.05, 4.69) is 11.9 Å². The average Bonchev–Trinajstić information content (AvgIpc) is 1.69. The van der Waals surface area contributed by atoms with Crippen molar-refractivity contribution in [3.63, 3.8) is 0 Å². The maximum absolute atomic E-state index is 9.46. The lowest BCUT2D eigenvalue weighted by molar-refractivity contribution is 0.551. The van der Waals surface area contributed by atoms with E-state index in [0.717, 1.165) is 0 Å². The third-order valence-corrected chi connectivity index (χ3v) is 0.486. The second kappa shape index (κ2) is 5.37. The lowest BCUT2D eigenvalue weighted by Gasteiger charge is -1.86. The lowest BCUT2D eigenvalue weighted by Crippen LogP contribution is -2.15. The zero-order valence-electron chi connectivity index (χ0n) is 4.11. The Labute approximate surface area is 43.2 Å². The first-order valence-corrected chi connectivity index (χ1v) is 2.08. The molecule has 7 heavy (non-hydrogen) atoms. The quantitative estimate of drug-likeness (QED) is 0.392. The molecule has 1 radical (unpaired) electrons. The molecule has 0 aliphatic rings. The van der Waals surface area contributed by atoms with Gasteiger partial charge in [0.25, 0.3) is 0 Å². The summed E-state index contributed by atoms with van der Waals surface area (Å²) in [6, 6.07) is 0. The smallest absolute Gasteiger partial charge is 0.213 e. The van der Waals surface area contributed by atoms with Crippen molar-refractivity contribution in [3.05, 3.63) is 12.7 Å². The molecule has 0 amide bonds. The van der Waals surface area contributed by atoms with E-state index in [1.54, 1.807) is 12.4 Å². The zero-order valence-corrected chi connectivity index (χ0v) is 4.11. The third-order valence-electron chi connectivity index (χ3n) is 0.486. The molecule has 2 heteroatoms. The second-order valence-electron chi connectivity index (χ2n) is 1.06. The molecule has 0 saturated heterocycles. The normalized spacial score (nSPS) is 8.00. The first-order chi connectivity index (χ1) is 3.41. The number of rotatable bonds is 4. The van der Waals surface area contributed by atoms with Gasteiger partial charge in [0.2, 0.25) is 6.29 Å². The number of hydrogen-bond donors (Lipinski definition) is 1. The highest BCUT2D eigenvalue weighted by atomic mass is 16.1. The van der Waals surface area contributed by atoms with Crippen molar-refractivity contribution in [1.82, 2.24) is 5.32 Å². The van der Waals surface area contributed by atoms with E-state index in [0.29, 0.717) is 13.1 Å². The van der Waals surface area contributed by atoms with Crippen LogP contribution in [-0.2, 0) is 4.79 Å². The second-order valence-corrected chi connectivity index (χ2v) is 1.06. The van der Waals surface area contributed by atoms with Gasteiger partial charge in [-0.15, -0.1) is 6.58 Å². The molecule has 39 valence electrons. The molecular weight excluding hydrogens is 90.1 g/mol. The van der Waals surface area contributed by atoms with Crippen molar-refractivity contribution in [3.8, 4) is 0 Å². The number of hydrogen-bond acceptors (Lipinski definition) is 2. The number of nitrogens with one attached hydrogen (secondary N) is 1. The van der Waals surface area contributed by atoms with Crippen molar-refractivity contribution < 1.29 is 4.79 Å². The Morgan fingerprint density at radius 2 is 2.57 bits per heavy atom. The monoisotopic (exact) mass is 98.1 g/mol. The van der Waals surface area contributed by atoms with Crippen LogP contribution in [0.4, 0.5) is 0 Å². The van der Waals surface area contributed by atoms with E-state index in [9.17, 15) is 4.79 Å². The van der Waals surface area contributed by atoms with Gasteiger partial charge >= 0.3 is 0 Å². The maximum Gasteiger partial charge on any atom is 0.213 e. The summed E-state index contributed by atoms with van der Waals surface area (Å²) in [5.74, 6) is 0. The maximum atomic E-state index is 9.46. The first-order valence-electron chi connectivity index (χ1n) is 2.08. The van der Waals surface area contributed by atoms with Gasteiger partial charge in [0.05, 0.1) is 6.54 Å². The third kappa shape index (κ3) is 5.37. The van der Waals surface area contributed by atoms with E-state index in [1.807, 2.05) is 0 Å².